The van der Waals surface area contributed by atoms with Crippen LogP contribution in [0.1, 0.15) is 11.1 Å². The zero-order valence-electron chi connectivity index (χ0n) is 8.83. The monoisotopic (exact) mass is 349 g/mol. The van der Waals surface area contributed by atoms with Crippen LogP contribution < -0.4 is 0 Å². The lowest BCUT2D eigenvalue weighted by molar-refractivity contribution is -0.0328. The van der Waals surface area contributed by atoms with E-state index in [4.69, 9.17) is 27.5 Å². The van der Waals surface area contributed by atoms with Crippen molar-refractivity contribution in [3.63, 3.8) is 0 Å². The van der Waals surface area contributed by atoms with Gasteiger partial charge in [-0.15, -0.1) is 11.6 Å². The molecule has 0 aliphatic heterocycles. The van der Waals surface area contributed by atoms with E-state index in [0.717, 1.165) is 12.1 Å². The molecule has 0 N–H and O–H groups in total. The zero-order valence-corrected chi connectivity index (χ0v) is 12.0. The third-order valence-electron chi connectivity index (χ3n) is 1.88. The Morgan fingerprint density at radius 3 is 2.32 bits per heavy atom. The first-order chi connectivity index (χ1) is 8.58. The van der Waals surface area contributed by atoms with Crippen LogP contribution in [0.2, 0.25) is 0 Å². The Morgan fingerprint density at radius 1 is 1.37 bits per heavy atom. The molecule has 0 unspecified atom stereocenters. The van der Waals surface area contributed by atoms with Gasteiger partial charge in [0.25, 0.3) is 9.05 Å². The van der Waals surface area contributed by atoms with Crippen molar-refractivity contribution in [1.29, 1.82) is 5.26 Å². The van der Waals surface area contributed by atoms with Gasteiger partial charge in [-0.2, -0.15) is 18.4 Å². The molecule has 3 nitrogen and oxygen atoms in total. The van der Waals surface area contributed by atoms with Crippen molar-refractivity contribution in [2.45, 2.75) is 21.2 Å². The lowest BCUT2D eigenvalue weighted by Crippen LogP contribution is -2.04. The number of thioether (sulfide) groups is 1. The normalized spacial score (nSPS) is 12.2. The molecule has 0 saturated heterocycles. The molecule has 104 valence electrons. The molecule has 0 fully saturated rings. The van der Waals surface area contributed by atoms with E-state index in [0.29, 0.717) is 0 Å². The largest absolute Gasteiger partial charge is 0.446 e. The van der Waals surface area contributed by atoms with Crippen LogP contribution in [0, 0.1) is 11.3 Å². The smallest absolute Gasteiger partial charge is 0.207 e. The summed E-state index contributed by atoms with van der Waals surface area (Å²) in [5, 5.41) is 8.82. The number of hydrogen-bond donors (Lipinski definition) is 0. The zero-order chi connectivity index (χ0) is 14.8. The molecule has 1 aromatic rings. The lowest BCUT2D eigenvalue weighted by atomic mass is 10.1. The molecule has 0 heterocycles. The highest BCUT2D eigenvalue weighted by molar-refractivity contribution is 8.13. The van der Waals surface area contributed by atoms with E-state index in [9.17, 15) is 21.6 Å². The maximum absolute atomic E-state index is 12.2. The van der Waals surface area contributed by atoms with Gasteiger partial charge in [-0.25, -0.2) is 8.42 Å². The second-order valence-electron chi connectivity index (χ2n) is 3.19. The van der Waals surface area contributed by atoms with E-state index in [1.54, 1.807) is 0 Å². The number of hydrogen-bond acceptors (Lipinski definition) is 4. The Kier molecular flexibility index (Phi) is 5.01. The summed E-state index contributed by atoms with van der Waals surface area (Å²) in [6.07, 6.45) is 0. The fraction of sp³-hybridized carbons (Fsp3) is 0.222. The predicted molar refractivity (Wildman–Crippen MR) is 65.7 cm³/mol. The molecule has 0 saturated carbocycles. The van der Waals surface area contributed by atoms with E-state index in [1.165, 1.54) is 6.07 Å². The first-order valence-electron chi connectivity index (χ1n) is 4.42. The van der Waals surface area contributed by atoms with Gasteiger partial charge in [0.15, 0.2) is 0 Å². The molecule has 0 radical (unpaired) electrons. The fourth-order valence-electron chi connectivity index (χ4n) is 1.32. The summed E-state index contributed by atoms with van der Waals surface area (Å²) in [6.45, 7) is 0. The number of benzene rings is 1. The molecule has 0 bridgehead atoms. The summed E-state index contributed by atoms with van der Waals surface area (Å²) in [5.74, 6) is -0.387. The highest BCUT2D eigenvalue weighted by Crippen LogP contribution is 2.39. The molecule has 0 aliphatic rings. The van der Waals surface area contributed by atoms with Crippen LogP contribution in [0.5, 0.6) is 0 Å². The number of rotatable bonds is 3. The van der Waals surface area contributed by atoms with Gasteiger partial charge in [0.1, 0.15) is 11.0 Å². The van der Waals surface area contributed by atoms with E-state index in [1.807, 2.05) is 0 Å². The Labute approximate surface area is 120 Å². The van der Waals surface area contributed by atoms with Crippen molar-refractivity contribution in [3.8, 4) is 6.07 Å². The van der Waals surface area contributed by atoms with Crippen molar-refractivity contribution in [1.82, 2.24) is 0 Å². The molecule has 0 atom stereocenters. The van der Waals surface area contributed by atoms with Gasteiger partial charge < -0.3 is 0 Å². The fourth-order valence-corrected chi connectivity index (χ4v) is 3.62. The first-order valence-corrected chi connectivity index (χ1v) is 8.08. The molecule has 1 rings (SSSR count). The van der Waals surface area contributed by atoms with Gasteiger partial charge in [0.2, 0.25) is 0 Å². The maximum Gasteiger partial charge on any atom is 0.446 e. The van der Waals surface area contributed by atoms with Gasteiger partial charge in [0.05, 0.1) is 5.56 Å². The van der Waals surface area contributed by atoms with Gasteiger partial charge in [-0.3, -0.25) is 0 Å². The predicted octanol–water partition coefficient (Wildman–Crippen LogP) is 3.84. The Bertz CT molecular complexity index is 638. The minimum Gasteiger partial charge on any atom is -0.207 e. The van der Waals surface area contributed by atoms with Gasteiger partial charge in [-0.1, -0.05) is 0 Å². The highest BCUT2D eigenvalue weighted by atomic mass is 35.7. The molecule has 0 spiro atoms. The van der Waals surface area contributed by atoms with E-state index >= 15 is 0 Å². The summed E-state index contributed by atoms with van der Waals surface area (Å²) in [7, 11) is 0.871. The van der Waals surface area contributed by atoms with Crippen molar-refractivity contribution in [3.05, 3.63) is 23.3 Å². The minimum absolute atomic E-state index is 0.150. The molecule has 1 aromatic carbocycles. The van der Waals surface area contributed by atoms with Crippen LogP contribution in [-0.4, -0.2) is 13.9 Å². The van der Waals surface area contributed by atoms with Crippen LogP contribution >= 0.6 is 34.0 Å². The first kappa shape index (κ1) is 16.4. The second kappa shape index (κ2) is 5.79. The van der Waals surface area contributed by atoms with Crippen molar-refractivity contribution >= 4 is 43.1 Å². The Balaban J connectivity index is 3.51. The molecule has 10 heteroatoms. The molecule has 0 amide bonds. The molecule has 0 aliphatic carbocycles. The van der Waals surface area contributed by atoms with E-state index in [2.05, 4.69) is 0 Å². The standard InChI is InChI=1S/C9H4Cl2F3NO2S2/c10-3-5-1-7(18-9(12,13)14)2-6(4-15)8(5)19(11,16)17/h1-2H,3H2. The topological polar surface area (TPSA) is 57.9 Å². The Hall–Kier alpha value is -0.620. The summed E-state index contributed by atoms with van der Waals surface area (Å²) in [5.41, 5.74) is -5.18. The van der Waals surface area contributed by atoms with Crippen molar-refractivity contribution in [2.75, 3.05) is 0 Å². The second-order valence-corrected chi connectivity index (χ2v) is 7.10. The number of nitrogens with zero attached hydrogens (tertiary/aromatic N) is 1. The van der Waals surface area contributed by atoms with Crippen LogP contribution in [0.3, 0.4) is 0 Å². The van der Waals surface area contributed by atoms with Gasteiger partial charge in [0, 0.05) is 21.5 Å². The summed E-state index contributed by atoms with van der Waals surface area (Å²) in [4.78, 5) is -0.887. The molecule has 0 aromatic heterocycles. The highest BCUT2D eigenvalue weighted by Gasteiger charge is 2.31. The number of halogens is 5. The Morgan fingerprint density at radius 2 is 1.95 bits per heavy atom. The summed E-state index contributed by atoms with van der Waals surface area (Å²) in [6, 6.07) is 3.25. The third kappa shape index (κ3) is 4.45. The lowest BCUT2D eigenvalue weighted by Gasteiger charge is -2.10. The van der Waals surface area contributed by atoms with Crippen molar-refractivity contribution < 1.29 is 21.6 Å². The average Bonchev–Trinajstić information content (AvgIpc) is 2.23. The molecular weight excluding hydrogens is 346 g/mol. The minimum atomic E-state index is -4.56. The van der Waals surface area contributed by atoms with Crippen LogP contribution in [0.15, 0.2) is 21.9 Å². The third-order valence-corrected chi connectivity index (χ3v) is 4.30. The van der Waals surface area contributed by atoms with Gasteiger partial charge >= 0.3 is 5.51 Å². The van der Waals surface area contributed by atoms with Gasteiger partial charge in [-0.05, 0) is 29.5 Å². The van der Waals surface area contributed by atoms with Crippen molar-refractivity contribution in [2.24, 2.45) is 0 Å². The van der Waals surface area contributed by atoms with Crippen LogP contribution in [0.4, 0.5) is 13.2 Å². The average molecular weight is 350 g/mol. The van der Waals surface area contributed by atoms with Crippen LogP contribution in [0.25, 0.3) is 0 Å². The van der Waals surface area contributed by atoms with E-state index < -0.39 is 36.8 Å². The van der Waals surface area contributed by atoms with Crippen LogP contribution in [-0.2, 0) is 14.9 Å². The SMILES string of the molecule is N#Cc1cc(SC(F)(F)F)cc(CCl)c1S(=O)(=O)Cl. The van der Waals surface area contributed by atoms with E-state index in [-0.39, 0.29) is 16.3 Å². The number of nitriles is 1. The quantitative estimate of drug-likeness (QED) is 0.472. The molecule has 19 heavy (non-hydrogen) atoms. The molecular formula is C9H4Cl2F3NO2S2. The number of alkyl halides is 4. The summed E-state index contributed by atoms with van der Waals surface area (Å²) >= 11 is 5.02. The summed E-state index contributed by atoms with van der Waals surface area (Å²) < 4.78 is 59.4. The maximum atomic E-state index is 12.2.